The molecular weight excluding hydrogens is 344 g/mol. The third-order valence-electron chi connectivity index (χ3n) is 2.72. The van der Waals surface area contributed by atoms with Crippen molar-refractivity contribution in [2.75, 3.05) is 17.9 Å². The Morgan fingerprint density at radius 1 is 1.39 bits per heavy atom. The van der Waals surface area contributed by atoms with Gasteiger partial charge in [0.15, 0.2) is 0 Å². The van der Waals surface area contributed by atoms with Crippen LogP contribution in [0.1, 0.15) is 25.3 Å². The van der Waals surface area contributed by atoms with Crippen LogP contribution in [0, 0.1) is 0 Å². The van der Waals surface area contributed by atoms with E-state index in [4.69, 9.17) is 20.9 Å². The van der Waals surface area contributed by atoms with Gasteiger partial charge in [-0.2, -0.15) is 13.5 Å². The molecule has 23 heavy (non-hydrogen) atoms. The third-order valence-corrected chi connectivity index (χ3v) is 3.67. The average molecular weight is 363 g/mol. The number of hydrazone groups is 1. The first-order valence-electron chi connectivity index (χ1n) is 6.96. The molecule has 0 aliphatic carbocycles. The second-order valence-corrected chi connectivity index (χ2v) is 6.40. The summed E-state index contributed by atoms with van der Waals surface area (Å²) in [6, 6.07) is 6.44. The van der Waals surface area contributed by atoms with Crippen molar-refractivity contribution in [1.82, 2.24) is 0 Å². The van der Waals surface area contributed by atoms with Crippen LogP contribution >= 0.6 is 11.6 Å². The number of nitrogens with one attached hydrogen (secondary N) is 1. The molecule has 0 aliphatic rings. The number of rotatable bonds is 9. The standard InChI is InChI=1S/C14H19ClN2O5S/c1-2-22-14(18)13(8-5-9-15)17-16-12-7-4-3-6-11(12)10-23(19,20)21/h3-4,6-7,16H,2,5,8-10H2,1H3,(H,19,20,21)/b17-13+. The molecule has 0 spiro atoms. The van der Waals surface area contributed by atoms with E-state index in [1.807, 2.05) is 0 Å². The fourth-order valence-electron chi connectivity index (χ4n) is 1.73. The number of anilines is 1. The molecule has 2 N–H and O–H groups in total. The van der Waals surface area contributed by atoms with E-state index < -0.39 is 21.8 Å². The molecule has 0 radical (unpaired) electrons. The second kappa shape index (κ2) is 9.49. The summed E-state index contributed by atoms with van der Waals surface area (Å²) in [5.41, 5.74) is 3.52. The molecule has 0 aromatic heterocycles. The molecule has 0 saturated carbocycles. The number of esters is 1. The van der Waals surface area contributed by atoms with Crippen LogP contribution in [0.4, 0.5) is 5.69 Å². The number of halogens is 1. The Bertz CT molecular complexity index is 661. The summed E-state index contributed by atoms with van der Waals surface area (Å²) in [5.74, 6) is -0.739. The van der Waals surface area contributed by atoms with Crippen molar-refractivity contribution in [3.63, 3.8) is 0 Å². The van der Waals surface area contributed by atoms with Gasteiger partial charge in [-0.25, -0.2) is 4.79 Å². The van der Waals surface area contributed by atoms with Crippen LogP contribution in [-0.2, 0) is 25.4 Å². The Kier molecular flexibility index (Phi) is 8.01. The monoisotopic (exact) mass is 362 g/mol. The quantitative estimate of drug-likeness (QED) is 0.230. The number of carbonyl (C=O) groups excluding carboxylic acids is 1. The summed E-state index contributed by atoms with van der Waals surface area (Å²) >= 11 is 5.62. The van der Waals surface area contributed by atoms with E-state index >= 15 is 0 Å². The first-order chi connectivity index (χ1) is 10.9. The van der Waals surface area contributed by atoms with Crippen LogP contribution in [0.5, 0.6) is 0 Å². The molecule has 0 unspecified atom stereocenters. The third kappa shape index (κ3) is 7.45. The Balaban J connectivity index is 2.96. The molecule has 1 aromatic carbocycles. The highest BCUT2D eigenvalue weighted by Gasteiger charge is 2.14. The first-order valence-corrected chi connectivity index (χ1v) is 9.10. The van der Waals surface area contributed by atoms with Gasteiger partial charge in [-0.15, -0.1) is 11.6 Å². The summed E-state index contributed by atoms with van der Waals surface area (Å²) < 4.78 is 35.9. The minimum Gasteiger partial charge on any atom is -0.461 e. The Morgan fingerprint density at radius 3 is 2.70 bits per heavy atom. The van der Waals surface area contributed by atoms with E-state index in [2.05, 4.69) is 10.5 Å². The molecule has 128 valence electrons. The molecule has 7 nitrogen and oxygen atoms in total. The van der Waals surface area contributed by atoms with Crippen molar-refractivity contribution in [3.8, 4) is 0 Å². The zero-order chi connectivity index (χ0) is 17.3. The SMILES string of the molecule is CCOC(=O)/C(CCCCl)=N/Nc1ccccc1CS(=O)(=O)O. The molecule has 0 atom stereocenters. The minimum atomic E-state index is -4.17. The fourth-order valence-corrected chi connectivity index (χ4v) is 2.51. The molecule has 1 rings (SSSR count). The van der Waals surface area contributed by atoms with Gasteiger partial charge in [0.1, 0.15) is 11.5 Å². The molecule has 0 saturated heterocycles. The van der Waals surface area contributed by atoms with Crippen molar-refractivity contribution in [2.24, 2.45) is 5.10 Å². The number of alkyl halides is 1. The van der Waals surface area contributed by atoms with Crippen molar-refractivity contribution >= 4 is 39.1 Å². The normalized spacial score (nSPS) is 12.0. The molecule has 9 heteroatoms. The maximum absolute atomic E-state index is 11.8. The smallest absolute Gasteiger partial charge is 0.354 e. The predicted octanol–water partition coefficient (Wildman–Crippen LogP) is 2.42. The molecule has 0 amide bonds. The Morgan fingerprint density at radius 2 is 2.09 bits per heavy atom. The largest absolute Gasteiger partial charge is 0.461 e. The van der Waals surface area contributed by atoms with Crippen molar-refractivity contribution in [2.45, 2.75) is 25.5 Å². The van der Waals surface area contributed by atoms with Gasteiger partial charge < -0.3 is 4.74 Å². The topological polar surface area (TPSA) is 105 Å². The summed E-state index contributed by atoms with van der Waals surface area (Å²) in [6.07, 6.45) is 0.878. The van der Waals surface area contributed by atoms with E-state index in [1.54, 1.807) is 25.1 Å². The minimum absolute atomic E-state index is 0.161. The van der Waals surface area contributed by atoms with Crippen LogP contribution in [0.2, 0.25) is 0 Å². The molecule has 0 aliphatic heterocycles. The second-order valence-electron chi connectivity index (χ2n) is 4.57. The number of nitrogens with zero attached hydrogens (tertiary/aromatic N) is 1. The highest BCUT2D eigenvalue weighted by molar-refractivity contribution is 7.85. The van der Waals surface area contributed by atoms with Crippen LogP contribution in [-0.4, -0.2) is 37.1 Å². The Hall–Kier alpha value is -1.64. The number of para-hydroxylation sites is 1. The van der Waals surface area contributed by atoms with Crippen LogP contribution in [0.3, 0.4) is 0 Å². The number of carbonyl (C=O) groups is 1. The zero-order valence-electron chi connectivity index (χ0n) is 12.7. The van der Waals surface area contributed by atoms with Crippen molar-refractivity contribution in [3.05, 3.63) is 29.8 Å². The summed E-state index contributed by atoms with van der Waals surface area (Å²) in [5, 5.41) is 4.00. The van der Waals surface area contributed by atoms with Crippen molar-refractivity contribution in [1.29, 1.82) is 0 Å². The van der Waals surface area contributed by atoms with Gasteiger partial charge in [-0.05, 0) is 31.4 Å². The lowest BCUT2D eigenvalue weighted by molar-refractivity contribution is -0.135. The molecule has 0 bridgehead atoms. The number of hydrogen-bond donors (Lipinski definition) is 2. The van der Waals surface area contributed by atoms with E-state index in [1.165, 1.54) is 6.07 Å². The maximum atomic E-state index is 11.8. The maximum Gasteiger partial charge on any atom is 0.354 e. The zero-order valence-corrected chi connectivity index (χ0v) is 14.2. The first kappa shape index (κ1) is 19.4. The fraction of sp³-hybridized carbons (Fsp3) is 0.429. The van der Waals surface area contributed by atoms with Gasteiger partial charge in [-0.1, -0.05) is 18.2 Å². The lowest BCUT2D eigenvalue weighted by Crippen LogP contribution is -2.19. The van der Waals surface area contributed by atoms with Crippen LogP contribution in [0.25, 0.3) is 0 Å². The van der Waals surface area contributed by atoms with Gasteiger partial charge in [0, 0.05) is 5.88 Å². The molecular formula is C14H19ClN2O5S. The van der Waals surface area contributed by atoms with Gasteiger partial charge in [0.05, 0.1) is 12.3 Å². The summed E-state index contributed by atoms with van der Waals surface area (Å²) in [6.45, 7) is 1.91. The number of benzene rings is 1. The molecule has 0 heterocycles. The van der Waals surface area contributed by atoms with Gasteiger partial charge in [0.2, 0.25) is 0 Å². The highest BCUT2D eigenvalue weighted by atomic mass is 35.5. The lowest BCUT2D eigenvalue weighted by atomic mass is 10.2. The predicted molar refractivity (Wildman–Crippen MR) is 89.3 cm³/mol. The van der Waals surface area contributed by atoms with E-state index in [0.29, 0.717) is 30.0 Å². The summed E-state index contributed by atoms with van der Waals surface area (Å²) in [4.78, 5) is 11.8. The van der Waals surface area contributed by atoms with Crippen LogP contribution < -0.4 is 5.43 Å². The van der Waals surface area contributed by atoms with Gasteiger partial charge in [0.25, 0.3) is 10.1 Å². The highest BCUT2D eigenvalue weighted by Crippen LogP contribution is 2.17. The van der Waals surface area contributed by atoms with Gasteiger partial charge >= 0.3 is 5.97 Å². The lowest BCUT2D eigenvalue weighted by Gasteiger charge is -2.09. The van der Waals surface area contributed by atoms with Crippen molar-refractivity contribution < 1.29 is 22.5 Å². The molecule has 0 fully saturated rings. The number of hydrogen-bond acceptors (Lipinski definition) is 6. The van der Waals surface area contributed by atoms with E-state index in [0.717, 1.165) is 0 Å². The average Bonchev–Trinajstić information content (AvgIpc) is 2.47. The van der Waals surface area contributed by atoms with Crippen LogP contribution in [0.15, 0.2) is 29.4 Å². The number of ether oxygens (including phenoxy) is 1. The molecule has 1 aromatic rings. The Labute approximate surface area is 140 Å². The van der Waals surface area contributed by atoms with Gasteiger partial charge in [-0.3, -0.25) is 9.98 Å². The van der Waals surface area contributed by atoms with E-state index in [9.17, 15) is 13.2 Å². The van der Waals surface area contributed by atoms with E-state index in [-0.39, 0.29) is 12.3 Å². The summed E-state index contributed by atoms with van der Waals surface area (Å²) in [7, 11) is -4.17.